The van der Waals surface area contributed by atoms with Crippen molar-refractivity contribution >= 4 is 5.97 Å². The summed E-state index contributed by atoms with van der Waals surface area (Å²) in [6, 6.07) is 1.10. The number of carboxylic acids is 1. The lowest BCUT2D eigenvalue weighted by atomic mass is 9.93. The molecule has 0 saturated carbocycles. The van der Waals surface area contributed by atoms with E-state index in [0.29, 0.717) is 31.9 Å². The average molecular weight is 319 g/mol. The van der Waals surface area contributed by atoms with Crippen LogP contribution in [-0.2, 0) is 24.1 Å². The van der Waals surface area contributed by atoms with Gasteiger partial charge in [-0.2, -0.15) is 18.3 Å². The van der Waals surface area contributed by atoms with Crippen molar-refractivity contribution in [2.45, 2.75) is 45.5 Å². The molecule has 1 aromatic rings. The maximum absolute atomic E-state index is 12.7. The second-order valence-electron chi connectivity index (χ2n) is 5.65. The zero-order valence-corrected chi connectivity index (χ0v) is 12.4. The van der Waals surface area contributed by atoms with E-state index in [0.717, 1.165) is 18.9 Å². The number of carbonyl (C=O) groups is 1. The van der Waals surface area contributed by atoms with Gasteiger partial charge in [0.1, 0.15) is 0 Å². The lowest BCUT2D eigenvalue weighted by Crippen LogP contribution is -2.34. The quantitative estimate of drug-likeness (QED) is 0.906. The molecule has 1 aliphatic heterocycles. The van der Waals surface area contributed by atoms with E-state index in [2.05, 4.69) is 10.00 Å². The third-order valence-electron chi connectivity index (χ3n) is 4.01. The highest BCUT2D eigenvalue weighted by molar-refractivity contribution is 5.67. The van der Waals surface area contributed by atoms with E-state index in [1.54, 1.807) is 6.92 Å². The van der Waals surface area contributed by atoms with Crippen LogP contribution in [0.1, 0.15) is 37.6 Å². The average Bonchev–Trinajstić information content (AvgIpc) is 2.83. The first-order valence-corrected chi connectivity index (χ1v) is 7.37. The molecule has 0 spiro atoms. The van der Waals surface area contributed by atoms with Crippen LogP contribution in [0.3, 0.4) is 0 Å². The molecule has 1 aromatic heterocycles. The number of halogens is 3. The number of hydrogen-bond acceptors (Lipinski definition) is 3. The fourth-order valence-corrected chi connectivity index (χ4v) is 2.82. The van der Waals surface area contributed by atoms with Crippen LogP contribution in [0.25, 0.3) is 0 Å². The Labute approximate surface area is 126 Å². The highest BCUT2D eigenvalue weighted by atomic mass is 19.4. The van der Waals surface area contributed by atoms with E-state index in [1.165, 1.54) is 4.68 Å². The van der Waals surface area contributed by atoms with Gasteiger partial charge in [0.25, 0.3) is 0 Å². The highest BCUT2D eigenvalue weighted by Crippen LogP contribution is 2.29. The van der Waals surface area contributed by atoms with Gasteiger partial charge >= 0.3 is 12.1 Å². The Hall–Kier alpha value is -1.57. The first kappa shape index (κ1) is 16.8. The van der Waals surface area contributed by atoms with Gasteiger partial charge in [-0.05, 0) is 44.8 Å². The van der Waals surface area contributed by atoms with Gasteiger partial charge in [0.05, 0.1) is 5.69 Å². The predicted octanol–water partition coefficient (Wildman–Crippen LogP) is 2.61. The summed E-state index contributed by atoms with van der Waals surface area (Å²) in [6.45, 7) is 3.97. The number of aromatic nitrogens is 2. The Morgan fingerprint density at radius 2 is 2.05 bits per heavy atom. The summed E-state index contributed by atoms with van der Waals surface area (Å²) in [5.74, 6) is -0.632. The maximum Gasteiger partial charge on any atom is 0.435 e. The molecule has 0 amide bonds. The number of nitrogens with zero attached hydrogens (tertiary/aromatic N) is 3. The fraction of sp³-hybridized carbons (Fsp3) is 0.714. The first-order chi connectivity index (χ1) is 10.3. The molecule has 2 heterocycles. The number of likely N-dealkylation sites (tertiary alicyclic amines) is 1. The smallest absolute Gasteiger partial charge is 0.435 e. The maximum atomic E-state index is 12.7. The van der Waals surface area contributed by atoms with Gasteiger partial charge in [-0.15, -0.1) is 0 Å². The second-order valence-corrected chi connectivity index (χ2v) is 5.65. The molecule has 1 aliphatic rings. The van der Waals surface area contributed by atoms with Crippen molar-refractivity contribution in [3.63, 3.8) is 0 Å². The monoisotopic (exact) mass is 319 g/mol. The van der Waals surface area contributed by atoms with Gasteiger partial charge in [0, 0.05) is 19.5 Å². The zero-order valence-electron chi connectivity index (χ0n) is 12.4. The molecule has 1 N–H and O–H groups in total. The van der Waals surface area contributed by atoms with Crippen LogP contribution in [0.4, 0.5) is 13.2 Å². The number of rotatable bonds is 5. The molecule has 1 saturated heterocycles. The Bertz CT molecular complexity index is 520. The molecule has 0 aliphatic carbocycles. The number of piperidine rings is 1. The van der Waals surface area contributed by atoms with Crippen molar-refractivity contribution in [3.05, 3.63) is 17.5 Å². The predicted molar refractivity (Wildman–Crippen MR) is 73.2 cm³/mol. The minimum Gasteiger partial charge on any atom is -0.481 e. The molecular formula is C14H20F3N3O2. The Balaban J connectivity index is 1.97. The van der Waals surface area contributed by atoms with Gasteiger partial charge in [-0.3, -0.25) is 14.4 Å². The molecule has 0 bridgehead atoms. The molecule has 0 radical (unpaired) electrons. The van der Waals surface area contributed by atoms with Crippen molar-refractivity contribution in [1.82, 2.24) is 14.7 Å². The van der Waals surface area contributed by atoms with Gasteiger partial charge < -0.3 is 5.11 Å². The standard InChI is InChI=1S/C14H20F3N3O2/c1-2-20-11(8-12(18-20)14(15,16)17)9-19-5-3-10(4-6-19)7-13(21)22/h8,10H,2-7,9H2,1H3,(H,21,22). The molecule has 2 rings (SSSR count). The van der Waals surface area contributed by atoms with Crippen molar-refractivity contribution in [2.24, 2.45) is 5.92 Å². The minimum atomic E-state index is -4.43. The van der Waals surface area contributed by atoms with E-state index in [-0.39, 0.29) is 12.3 Å². The highest BCUT2D eigenvalue weighted by Gasteiger charge is 2.35. The SMILES string of the molecule is CCn1nc(C(F)(F)F)cc1CN1CCC(CC(=O)O)CC1. The van der Waals surface area contributed by atoms with E-state index in [9.17, 15) is 18.0 Å². The van der Waals surface area contributed by atoms with Crippen LogP contribution in [0.2, 0.25) is 0 Å². The summed E-state index contributed by atoms with van der Waals surface area (Å²) in [5, 5.41) is 12.4. The topological polar surface area (TPSA) is 58.4 Å². The summed E-state index contributed by atoms with van der Waals surface area (Å²) in [5.41, 5.74) is -0.309. The zero-order chi connectivity index (χ0) is 16.3. The third kappa shape index (κ3) is 4.22. The van der Waals surface area contributed by atoms with E-state index in [1.807, 2.05) is 0 Å². The summed E-state index contributed by atoms with van der Waals surface area (Å²) >= 11 is 0. The van der Waals surface area contributed by atoms with E-state index < -0.39 is 17.8 Å². The molecule has 22 heavy (non-hydrogen) atoms. The van der Waals surface area contributed by atoms with Crippen LogP contribution in [0.5, 0.6) is 0 Å². The minimum absolute atomic E-state index is 0.163. The third-order valence-corrected chi connectivity index (χ3v) is 4.01. The second kappa shape index (κ2) is 6.68. The molecule has 1 fully saturated rings. The van der Waals surface area contributed by atoms with Crippen molar-refractivity contribution in [3.8, 4) is 0 Å². The molecular weight excluding hydrogens is 299 g/mol. The first-order valence-electron chi connectivity index (χ1n) is 7.37. The lowest BCUT2D eigenvalue weighted by Gasteiger charge is -2.31. The van der Waals surface area contributed by atoms with Crippen molar-refractivity contribution < 1.29 is 23.1 Å². The molecule has 0 unspecified atom stereocenters. The number of carboxylic acid groups (broad SMARTS) is 1. The van der Waals surface area contributed by atoms with Gasteiger partial charge in [-0.25, -0.2) is 0 Å². The van der Waals surface area contributed by atoms with Crippen LogP contribution in [-0.4, -0.2) is 38.8 Å². The number of aryl methyl sites for hydroxylation is 1. The van der Waals surface area contributed by atoms with Crippen LogP contribution < -0.4 is 0 Å². The number of alkyl halides is 3. The normalized spacial score (nSPS) is 17.8. The lowest BCUT2D eigenvalue weighted by molar-refractivity contribution is -0.141. The number of hydrogen-bond donors (Lipinski definition) is 1. The largest absolute Gasteiger partial charge is 0.481 e. The summed E-state index contributed by atoms with van der Waals surface area (Å²) in [6.07, 6.45) is -2.74. The van der Waals surface area contributed by atoms with Crippen LogP contribution >= 0.6 is 0 Å². The Kier molecular flexibility index (Phi) is 5.10. The van der Waals surface area contributed by atoms with E-state index >= 15 is 0 Å². The molecule has 8 heteroatoms. The van der Waals surface area contributed by atoms with Crippen molar-refractivity contribution in [1.29, 1.82) is 0 Å². The molecule has 124 valence electrons. The summed E-state index contributed by atoms with van der Waals surface area (Å²) in [4.78, 5) is 12.7. The number of aliphatic carboxylic acids is 1. The van der Waals surface area contributed by atoms with Crippen LogP contribution in [0, 0.1) is 5.92 Å². The van der Waals surface area contributed by atoms with Crippen LogP contribution in [0.15, 0.2) is 6.07 Å². The Morgan fingerprint density at radius 3 is 2.55 bits per heavy atom. The van der Waals surface area contributed by atoms with Gasteiger partial charge in [0.2, 0.25) is 0 Å². The fourth-order valence-electron chi connectivity index (χ4n) is 2.82. The van der Waals surface area contributed by atoms with Crippen molar-refractivity contribution in [2.75, 3.05) is 13.1 Å². The molecule has 5 nitrogen and oxygen atoms in total. The summed E-state index contributed by atoms with van der Waals surface area (Å²) in [7, 11) is 0. The van der Waals surface area contributed by atoms with Gasteiger partial charge in [-0.1, -0.05) is 0 Å². The Morgan fingerprint density at radius 1 is 1.41 bits per heavy atom. The van der Waals surface area contributed by atoms with E-state index in [4.69, 9.17) is 5.11 Å². The van der Waals surface area contributed by atoms with Gasteiger partial charge in [0.15, 0.2) is 5.69 Å². The molecule has 0 aromatic carbocycles. The molecule has 0 atom stereocenters. The summed E-state index contributed by atoms with van der Waals surface area (Å²) < 4.78 is 39.6.